The summed E-state index contributed by atoms with van der Waals surface area (Å²) >= 11 is 0. The Morgan fingerprint density at radius 2 is 1.64 bits per heavy atom. The number of benzene rings is 3. The van der Waals surface area contributed by atoms with E-state index in [2.05, 4.69) is 11.8 Å². The molecule has 0 amide bonds. The van der Waals surface area contributed by atoms with Crippen molar-refractivity contribution in [2.45, 2.75) is 6.61 Å². The zero-order valence-corrected chi connectivity index (χ0v) is 13.4. The molecule has 3 heteroatoms. The molecule has 0 aliphatic rings. The number of carboxylic acid groups (broad SMARTS) is 1. The second-order valence-electron chi connectivity index (χ2n) is 5.51. The minimum atomic E-state index is -1.01. The number of hydrogen-bond donors (Lipinski definition) is 2. The molecular weight excluding hydrogens is 312 g/mol. The highest BCUT2D eigenvalue weighted by Gasteiger charge is 2.15. The normalized spacial score (nSPS) is 9.96. The van der Waals surface area contributed by atoms with Crippen molar-refractivity contribution in [3.8, 4) is 23.0 Å². The van der Waals surface area contributed by atoms with Crippen LogP contribution in [-0.4, -0.2) is 16.2 Å². The van der Waals surface area contributed by atoms with Crippen LogP contribution < -0.4 is 0 Å². The fraction of sp³-hybridized carbons (Fsp3) is 0.0455. The van der Waals surface area contributed by atoms with E-state index >= 15 is 0 Å². The van der Waals surface area contributed by atoms with Gasteiger partial charge >= 0.3 is 5.97 Å². The van der Waals surface area contributed by atoms with Crippen LogP contribution in [0.3, 0.4) is 0 Å². The maximum absolute atomic E-state index is 11.7. The minimum Gasteiger partial charge on any atom is -0.478 e. The molecule has 0 fully saturated rings. The third-order valence-corrected chi connectivity index (χ3v) is 3.81. The second-order valence-corrected chi connectivity index (χ2v) is 5.51. The van der Waals surface area contributed by atoms with Gasteiger partial charge in [0.15, 0.2) is 0 Å². The lowest BCUT2D eigenvalue weighted by Crippen LogP contribution is -2.02. The molecule has 3 aromatic carbocycles. The topological polar surface area (TPSA) is 57.5 Å². The quantitative estimate of drug-likeness (QED) is 0.716. The molecule has 122 valence electrons. The van der Waals surface area contributed by atoms with Crippen LogP contribution in [0.5, 0.6) is 0 Å². The van der Waals surface area contributed by atoms with Gasteiger partial charge in [0.05, 0.1) is 12.2 Å². The molecule has 3 nitrogen and oxygen atoms in total. The molecule has 0 heterocycles. The Morgan fingerprint density at radius 3 is 2.36 bits per heavy atom. The maximum atomic E-state index is 11.7. The van der Waals surface area contributed by atoms with Gasteiger partial charge in [0.25, 0.3) is 0 Å². The van der Waals surface area contributed by atoms with Crippen LogP contribution in [0.2, 0.25) is 0 Å². The van der Waals surface area contributed by atoms with Gasteiger partial charge in [-0.2, -0.15) is 0 Å². The Kier molecular flexibility index (Phi) is 4.94. The van der Waals surface area contributed by atoms with Gasteiger partial charge in [-0.3, -0.25) is 0 Å². The first kappa shape index (κ1) is 16.5. The summed E-state index contributed by atoms with van der Waals surface area (Å²) < 4.78 is 0. The van der Waals surface area contributed by atoms with Crippen molar-refractivity contribution in [2.24, 2.45) is 0 Å². The predicted molar refractivity (Wildman–Crippen MR) is 97.2 cm³/mol. The number of carboxylic acids is 1. The first-order valence-electron chi connectivity index (χ1n) is 7.82. The van der Waals surface area contributed by atoms with Gasteiger partial charge in [-0.25, -0.2) is 4.79 Å². The molecule has 3 rings (SSSR count). The van der Waals surface area contributed by atoms with E-state index in [0.29, 0.717) is 11.1 Å². The van der Waals surface area contributed by atoms with Gasteiger partial charge in [-0.05, 0) is 41.5 Å². The summed E-state index contributed by atoms with van der Waals surface area (Å²) in [5.41, 5.74) is 3.70. The van der Waals surface area contributed by atoms with Crippen molar-refractivity contribution < 1.29 is 15.0 Å². The standard InChI is InChI=1S/C22H16O3/c23-15-17-8-4-10-19(14-17)21-18(9-5-11-20(21)22(24)25)13-12-16-6-2-1-3-7-16/h1-11,14,23H,15H2,(H,24,25). The zero-order valence-electron chi connectivity index (χ0n) is 13.4. The van der Waals surface area contributed by atoms with Crippen molar-refractivity contribution in [1.82, 2.24) is 0 Å². The van der Waals surface area contributed by atoms with Crippen LogP contribution in [0.25, 0.3) is 11.1 Å². The lowest BCUT2D eigenvalue weighted by atomic mass is 9.93. The fourth-order valence-electron chi connectivity index (χ4n) is 2.63. The lowest BCUT2D eigenvalue weighted by molar-refractivity contribution is 0.0697. The van der Waals surface area contributed by atoms with Crippen molar-refractivity contribution in [1.29, 1.82) is 0 Å². The number of aliphatic hydroxyl groups is 1. The first-order chi connectivity index (χ1) is 12.2. The number of aromatic carboxylic acids is 1. The van der Waals surface area contributed by atoms with Crippen LogP contribution in [0.4, 0.5) is 0 Å². The highest BCUT2D eigenvalue weighted by Crippen LogP contribution is 2.28. The minimum absolute atomic E-state index is 0.103. The molecule has 0 atom stereocenters. The lowest BCUT2D eigenvalue weighted by Gasteiger charge is -2.10. The summed E-state index contributed by atoms with van der Waals surface area (Å²) in [6, 6.07) is 21.8. The zero-order chi connectivity index (χ0) is 17.6. The van der Waals surface area contributed by atoms with Crippen LogP contribution in [0.1, 0.15) is 27.0 Å². The molecule has 0 bridgehead atoms. The molecule has 2 N–H and O–H groups in total. The maximum Gasteiger partial charge on any atom is 0.336 e. The highest BCUT2D eigenvalue weighted by atomic mass is 16.4. The molecule has 0 saturated heterocycles. The summed E-state index contributed by atoms with van der Waals surface area (Å²) in [4.78, 5) is 11.7. The smallest absolute Gasteiger partial charge is 0.336 e. The van der Waals surface area contributed by atoms with Crippen LogP contribution in [0, 0.1) is 11.8 Å². The van der Waals surface area contributed by atoms with Gasteiger partial charge in [-0.15, -0.1) is 0 Å². The average molecular weight is 328 g/mol. The molecule has 0 aromatic heterocycles. The number of hydrogen-bond acceptors (Lipinski definition) is 2. The summed E-state index contributed by atoms with van der Waals surface area (Å²) in [5, 5.41) is 18.9. The van der Waals surface area contributed by atoms with Gasteiger partial charge < -0.3 is 10.2 Å². The molecular formula is C22H16O3. The Hall–Kier alpha value is -3.35. The predicted octanol–water partition coefficient (Wildman–Crippen LogP) is 3.94. The summed E-state index contributed by atoms with van der Waals surface area (Å²) in [5.74, 6) is 5.15. The molecule has 0 aliphatic carbocycles. The fourth-order valence-corrected chi connectivity index (χ4v) is 2.63. The van der Waals surface area contributed by atoms with E-state index < -0.39 is 5.97 Å². The SMILES string of the molecule is O=C(O)c1cccc(C#Cc2ccccc2)c1-c1cccc(CO)c1. The third-order valence-electron chi connectivity index (χ3n) is 3.81. The van der Waals surface area contributed by atoms with Gasteiger partial charge in [0.2, 0.25) is 0 Å². The van der Waals surface area contributed by atoms with E-state index in [-0.39, 0.29) is 12.2 Å². The average Bonchev–Trinajstić information content (AvgIpc) is 2.66. The summed E-state index contributed by atoms with van der Waals surface area (Å²) in [6.07, 6.45) is 0. The Balaban J connectivity index is 2.18. The van der Waals surface area contributed by atoms with Crippen LogP contribution in [-0.2, 0) is 6.61 Å². The van der Waals surface area contributed by atoms with Gasteiger partial charge in [0, 0.05) is 16.7 Å². The first-order valence-corrected chi connectivity index (χ1v) is 7.82. The Bertz CT molecular complexity index is 963. The Labute approximate surface area is 146 Å². The van der Waals surface area contributed by atoms with Crippen molar-refractivity contribution >= 4 is 5.97 Å². The Morgan fingerprint density at radius 1 is 0.880 bits per heavy atom. The number of aliphatic hydroxyl groups excluding tert-OH is 1. The largest absolute Gasteiger partial charge is 0.478 e. The summed E-state index contributed by atoms with van der Waals surface area (Å²) in [7, 11) is 0. The molecule has 0 aliphatic heterocycles. The second kappa shape index (κ2) is 7.48. The highest BCUT2D eigenvalue weighted by molar-refractivity contribution is 5.98. The molecule has 0 spiro atoms. The van der Waals surface area contributed by atoms with E-state index in [1.807, 2.05) is 42.5 Å². The van der Waals surface area contributed by atoms with E-state index in [1.54, 1.807) is 30.3 Å². The summed E-state index contributed by atoms with van der Waals surface area (Å²) in [6.45, 7) is -0.103. The number of rotatable bonds is 3. The van der Waals surface area contributed by atoms with E-state index in [9.17, 15) is 15.0 Å². The third kappa shape index (κ3) is 3.77. The molecule has 25 heavy (non-hydrogen) atoms. The van der Waals surface area contributed by atoms with Crippen LogP contribution >= 0.6 is 0 Å². The molecule has 3 aromatic rings. The molecule has 0 saturated carbocycles. The van der Waals surface area contributed by atoms with Gasteiger partial charge in [-0.1, -0.05) is 54.3 Å². The van der Waals surface area contributed by atoms with Crippen molar-refractivity contribution in [3.63, 3.8) is 0 Å². The van der Waals surface area contributed by atoms with E-state index in [4.69, 9.17) is 0 Å². The van der Waals surface area contributed by atoms with E-state index in [1.165, 1.54) is 0 Å². The van der Waals surface area contributed by atoms with E-state index in [0.717, 1.165) is 16.7 Å². The van der Waals surface area contributed by atoms with Gasteiger partial charge in [0.1, 0.15) is 0 Å². The van der Waals surface area contributed by atoms with Crippen molar-refractivity contribution in [2.75, 3.05) is 0 Å². The van der Waals surface area contributed by atoms with Crippen molar-refractivity contribution in [3.05, 3.63) is 95.1 Å². The van der Waals surface area contributed by atoms with Crippen LogP contribution in [0.15, 0.2) is 72.8 Å². The number of carbonyl (C=O) groups is 1. The monoisotopic (exact) mass is 328 g/mol. The molecule has 0 radical (unpaired) electrons. The molecule has 0 unspecified atom stereocenters.